The van der Waals surface area contributed by atoms with Crippen LogP contribution in [0, 0.1) is 5.82 Å². The molecule has 120 valence electrons. The smallest absolute Gasteiger partial charge is 0.274 e. The second kappa shape index (κ2) is 7.34. The normalized spacial score (nSPS) is 15.1. The highest BCUT2D eigenvalue weighted by Gasteiger charge is 2.13. The van der Waals surface area contributed by atoms with Crippen LogP contribution >= 0.6 is 11.3 Å². The van der Waals surface area contributed by atoms with Gasteiger partial charge in [0.15, 0.2) is 0 Å². The van der Waals surface area contributed by atoms with Gasteiger partial charge in [-0.15, -0.1) is 11.3 Å². The molecule has 1 aromatic carbocycles. The Balaban J connectivity index is 1.59. The van der Waals surface area contributed by atoms with Gasteiger partial charge >= 0.3 is 0 Å². The van der Waals surface area contributed by atoms with Gasteiger partial charge in [0.2, 0.25) is 0 Å². The van der Waals surface area contributed by atoms with E-state index in [2.05, 4.69) is 15.4 Å². The van der Waals surface area contributed by atoms with Gasteiger partial charge in [-0.3, -0.25) is 4.79 Å². The first-order valence-electron chi connectivity index (χ1n) is 7.24. The van der Waals surface area contributed by atoms with Crippen molar-refractivity contribution in [2.45, 2.75) is 0 Å². The van der Waals surface area contributed by atoms with E-state index in [-0.39, 0.29) is 5.56 Å². The number of nitrogens with one attached hydrogen (secondary N) is 1. The number of hydrogen-bond donors (Lipinski definition) is 1. The third kappa shape index (κ3) is 3.94. The van der Waals surface area contributed by atoms with Crippen LogP contribution in [0.3, 0.4) is 0 Å². The second-order valence-electron chi connectivity index (χ2n) is 4.95. The van der Waals surface area contributed by atoms with Crippen LogP contribution < -0.4 is 10.3 Å². The molecule has 0 aliphatic carbocycles. The van der Waals surface area contributed by atoms with Crippen LogP contribution in [0.1, 0.15) is 15.2 Å². The first-order valence-corrected chi connectivity index (χ1v) is 8.06. The largest absolute Gasteiger partial charge is 0.378 e. The zero-order valence-electron chi connectivity index (χ0n) is 12.4. The topological polar surface area (TPSA) is 53.9 Å². The summed E-state index contributed by atoms with van der Waals surface area (Å²) in [6.45, 7) is 3.22. The van der Waals surface area contributed by atoms with Gasteiger partial charge in [0.25, 0.3) is 5.91 Å². The van der Waals surface area contributed by atoms with E-state index < -0.39 is 11.7 Å². The van der Waals surface area contributed by atoms with E-state index >= 15 is 0 Å². The fourth-order valence-electron chi connectivity index (χ4n) is 2.23. The molecule has 7 heteroatoms. The Morgan fingerprint density at radius 3 is 2.83 bits per heavy atom. The highest BCUT2D eigenvalue weighted by atomic mass is 32.1. The molecule has 0 saturated carbocycles. The van der Waals surface area contributed by atoms with Gasteiger partial charge in [0, 0.05) is 18.0 Å². The Morgan fingerprint density at radius 2 is 2.04 bits per heavy atom. The van der Waals surface area contributed by atoms with Crippen LogP contribution in [0.15, 0.2) is 41.5 Å². The van der Waals surface area contributed by atoms with E-state index in [4.69, 9.17) is 4.74 Å². The molecule has 0 atom stereocenters. The Hall–Kier alpha value is -2.25. The number of halogens is 1. The molecule has 0 unspecified atom stereocenters. The Bertz CT molecular complexity index is 711. The standard InChI is InChI=1S/C16H16FN3O2S/c17-14-4-2-1-3-13(14)16(21)19-18-11-12-5-6-15(23-12)20-7-9-22-10-8-20/h1-6,11H,7-10H2,(H,19,21). The number of benzene rings is 1. The van der Waals surface area contributed by atoms with Crippen molar-refractivity contribution in [3.63, 3.8) is 0 Å². The number of ether oxygens (including phenoxy) is 1. The fraction of sp³-hybridized carbons (Fsp3) is 0.250. The summed E-state index contributed by atoms with van der Waals surface area (Å²) in [4.78, 5) is 15.0. The van der Waals surface area contributed by atoms with Gasteiger partial charge in [0.05, 0.1) is 30.0 Å². The molecule has 23 heavy (non-hydrogen) atoms. The number of amides is 1. The van der Waals surface area contributed by atoms with Crippen molar-refractivity contribution in [1.82, 2.24) is 5.43 Å². The number of rotatable bonds is 4. The zero-order valence-corrected chi connectivity index (χ0v) is 13.2. The van der Waals surface area contributed by atoms with Gasteiger partial charge in [0.1, 0.15) is 5.82 Å². The second-order valence-corrected chi connectivity index (χ2v) is 6.05. The lowest BCUT2D eigenvalue weighted by molar-refractivity contribution is 0.0951. The number of morpholine rings is 1. The van der Waals surface area contributed by atoms with Gasteiger partial charge in [-0.1, -0.05) is 12.1 Å². The molecule has 1 saturated heterocycles. The molecule has 1 amide bonds. The molecular formula is C16H16FN3O2S. The van der Waals surface area contributed by atoms with Crippen LogP contribution in [0.2, 0.25) is 0 Å². The summed E-state index contributed by atoms with van der Waals surface area (Å²) in [6.07, 6.45) is 1.56. The molecule has 3 rings (SSSR count). The molecule has 1 N–H and O–H groups in total. The average molecular weight is 333 g/mol. The highest BCUT2D eigenvalue weighted by molar-refractivity contribution is 7.17. The van der Waals surface area contributed by atoms with E-state index in [9.17, 15) is 9.18 Å². The summed E-state index contributed by atoms with van der Waals surface area (Å²) in [5.74, 6) is -1.13. The third-order valence-corrected chi connectivity index (χ3v) is 4.49. The molecule has 5 nitrogen and oxygen atoms in total. The van der Waals surface area contributed by atoms with Gasteiger partial charge in [-0.25, -0.2) is 9.82 Å². The number of thiophene rings is 1. The predicted molar refractivity (Wildman–Crippen MR) is 88.8 cm³/mol. The summed E-state index contributed by atoms with van der Waals surface area (Å²) >= 11 is 1.59. The summed E-state index contributed by atoms with van der Waals surface area (Å²) < 4.78 is 18.8. The highest BCUT2D eigenvalue weighted by Crippen LogP contribution is 2.25. The minimum Gasteiger partial charge on any atom is -0.378 e. The van der Waals surface area contributed by atoms with Gasteiger partial charge < -0.3 is 9.64 Å². The predicted octanol–water partition coefficient (Wildman–Crippen LogP) is 2.49. The minimum atomic E-state index is -0.565. The lowest BCUT2D eigenvalue weighted by atomic mass is 10.2. The van der Waals surface area contributed by atoms with Gasteiger partial charge in [-0.2, -0.15) is 5.10 Å². The molecule has 1 aliphatic rings. The molecule has 0 spiro atoms. The first-order chi connectivity index (χ1) is 11.2. The Labute approximate surface area is 137 Å². The zero-order chi connectivity index (χ0) is 16.1. The minimum absolute atomic E-state index is 0.0233. The van der Waals surface area contributed by atoms with Crippen molar-refractivity contribution in [1.29, 1.82) is 0 Å². The molecule has 2 aromatic rings. The molecule has 2 heterocycles. The number of carbonyl (C=O) groups is 1. The maximum atomic E-state index is 13.5. The van der Waals surface area contributed by atoms with E-state index in [1.54, 1.807) is 23.6 Å². The third-order valence-electron chi connectivity index (χ3n) is 3.41. The molecule has 0 radical (unpaired) electrons. The van der Waals surface area contributed by atoms with Gasteiger partial charge in [-0.05, 0) is 24.3 Å². The number of hydrazone groups is 1. The maximum Gasteiger partial charge on any atom is 0.274 e. The number of hydrogen-bond acceptors (Lipinski definition) is 5. The van der Waals surface area contributed by atoms with Crippen molar-refractivity contribution in [3.05, 3.63) is 52.7 Å². The summed E-state index contributed by atoms with van der Waals surface area (Å²) in [6, 6.07) is 9.77. The van der Waals surface area contributed by atoms with E-state index in [1.807, 2.05) is 12.1 Å². The van der Waals surface area contributed by atoms with Crippen LogP contribution in [-0.2, 0) is 4.74 Å². The van der Waals surface area contributed by atoms with E-state index in [0.717, 1.165) is 36.2 Å². The summed E-state index contributed by atoms with van der Waals surface area (Å²) in [5.41, 5.74) is 2.32. The van der Waals surface area contributed by atoms with Crippen molar-refractivity contribution < 1.29 is 13.9 Å². The van der Waals surface area contributed by atoms with Crippen LogP contribution in [-0.4, -0.2) is 38.4 Å². The molecule has 1 aromatic heterocycles. The lowest BCUT2D eigenvalue weighted by Gasteiger charge is -2.27. The Morgan fingerprint density at radius 1 is 1.26 bits per heavy atom. The molecule has 1 fully saturated rings. The van der Waals surface area contributed by atoms with Crippen LogP contribution in [0.4, 0.5) is 9.39 Å². The van der Waals surface area contributed by atoms with E-state index in [0.29, 0.717) is 0 Å². The Kier molecular flexibility index (Phi) is 4.99. The van der Waals surface area contributed by atoms with Crippen molar-refractivity contribution in [2.75, 3.05) is 31.2 Å². The average Bonchev–Trinajstić information content (AvgIpc) is 3.05. The fourth-order valence-corrected chi connectivity index (χ4v) is 3.16. The monoisotopic (exact) mass is 333 g/mol. The molecular weight excluding hydrogens is 317 g/mol. The number of nitrogens with zero attached hydrogens (tertiary/aromatic N) is 2. The SMILES string of the molecule is O=C(NN=Cc1ccc(N2CCOCC2)s1)c1ccccc1F. The molecule has 0 bridgehead atoms. The van der Waals surface area contributed by atoms with Crippen LogP contribution in [0.5, 0.6) is 0 Å². The lowest BCUT2D eigenvalue weighted by Crippen LogP contribution is -2.35. The number of carbonyl (C=O) groups excluding carboxylic acids is 1. The number of anilines is 1. The maximum absolute atomic E-state index is 13.5. The summed E-state index contributed by atoms with van der Waals surface area (Å²) in [5, 5.41) is 5.04. The molecule has 1 aliphatic heterocycles. The van der Waals surface area contributed by atoms with E-state index in [1.165, 1.54) is 18.2 Å². The first kappa shape index (κ1) is 15.6. The van der Waals surface area contributed by atoms with Crippen LogP contribution in [0.25, 0.3) is 0 Å². The van der Waals surface area contributed by atoms with Crippen molar-refractivity contribution >= 4 is 28.5 Å². The summed E-state index contributed by atoms with van der Waals surface area (Å²) in [7, 11) is 0. The quantitative estimate of drug-likeness (QED) is 0.691. The van der Waals surface area contributed by atoms with Crippen molar-refractivity contribution in [3.8, 4) is 0 Å². The van der Waals surface area contributed by atoms with Crippen molar-refractivity contribution in [2.24, 2.45) is 5.10 Å².